The Kier molecular flexibility index (Phi) is 3.95. The summed E-state index contributed by atoms with van der Waals surface area (Å²) in [4.78, 5) is 12.7. The first-order chi connectivity index (χ1) is 6.65. The molecule has 4 heteroatoms. The average Bonchev–Trinajstić information content (AvgIpc) is 2.16. The van der Waals surface area contributed by atoms with Gasteiger partial charge in [0, 0.05) is 18.3 Å². The van der Waals surface area contributed by atoms with Crippen LogP contribution in [0, 0.1) is 0 Å². The van der Waals surface area contributed by atoms with Crippen molar-refractivity contribution in [2.45, 2.75) is 38.8 Å². The van der Waals surface area contributed by atoms with Crippen LogP contribution in [0.3, 0.4) is 0 Å². The fourth-order valence-corrected chi connectivity index (χ4v) is 1.54. The van der Waals surface area contributed by atoms with Crippen molar-refractivity contribution in [3.05, 3.63) is 11.8 Å². The zero-order chi connectivity index (χ0) is 10.6. The smallest absolute Gasteiger partial charge is 0.246 e. The van der Waals surface area contributed by atoms with Crippen LogP contribution >= 0.6 is 0 Å². The monoisotopic (exact) mass is 198 g/mol. The highest BCUT2D eigenvalue weighted by atomic mass is 16.3. The topological polar surface area (TPSA) is 66.6 Å². The number of aliphatic hydroxyl groups is 1. The molecule has 1 heterocycles. The van der Waals surface area contributed by atoms with Crippen molar-refractivity contribution in [1.82, 2.24) is 4.90 Å². The molecule has 1 rings (SSSR count). The number of nitrogens with zero attached hydrogens (tertiary/aromatic N) is 1. The second-order valence-electron chi connectivity index (χ2n) is 3.63. The van der Waals surface area contributed by atoms with E-state index in [9.17, 15) is 9.90 Å². The Balaban J connectivity index is 2.60. The molecule has 0 aliphatic carbocycles. The molecule has 0 saturated carbocycles. The van der Waals surface area contributed by atoms with Crippen molar-refractivity contribution in [3.63, 3.8) is 0 Å². The van der Waals surface area contributed by atoms with Crippen LogP contribution in [-0.2, 0) is 4.79 Å². The summed E-state index contributed by atoms with van der Waals surface area (Å²) in [5, 5.41) is 9.62. The molecule has 1 amide bonds. The van der Waals surface area contributed by atoms with Crippen LogP contribution in [-0.4, -0.2) is 28.7 Å². The lowest BCUT2D eigenvalue weighted by molar-refractivity contribution is -0.115. The minimum Gasteiger partial charge on any atom is -0.374 e. The number of aliphatic hydroxyl groups excluding tert-OH is 1. The molecule has 1 aliphatic rings. The number of nitrogens with two attached hydrogens (primary N) is 1. The lowest BCUT2D eigenvalue weighted by Crippen LogP contribution is -2.36. The van der Waals surface area contributed by atoms with Crippen LogP contribution in [0.1, 0.15) is 32.6 Å². The van der Waals surface area contributed by atoms with Gasteiger partial charge in [-0.25, -0.2) is 0 Å². The molecule has 0 aromatic heterocycles. The predicted molar refractivity (Wildman–Crippen MR) is 54.1 cm³/mol. The number of hydrogen-bond acceptors (Lipinski definition) is 3. The highest BCUT2D eigenvalue weighted by molar-refractivity contribution is 5.91. The summed E-state index contributed by atoms with van der Waals surface area (Å²) >= 11 is 0. The van der Waals surface area contributed by atoms with Crippen LogP contribution in [0.25, 0.3) is 0 Å². The minimum absolute atomic E-state index is 0.376. The number of amides is 1. The number of unbranched alkanes of at least 4 members (excludes halogenated alkanes) is 1. The van der Waals surface area contributed by atoms with Crippen molar-refractivity contribution >= 4 is 5.91 Å². The van der Waals surface area contributed by atoms with Gasteiger partial charge in [-0.1, -0.05) is 13.3 Å². The van der Waals surface area contributed by atoms with Crippen molar-refractivity contribution in [2.24, 2.45) is 5.73 Å². The molecule has 1 atom stereocenters. The fourth-order valence-electron chi connectivity index (χ4n) is 1.54. The summed E-state index contributed by atoms with van der Waals surface area (Å²) < 4.78 is 0. The molecule has 0 spiro atoms. The molecular weight excluding hydrogens is 180 g/mol. The van der Waals surface area contributed by atoms with E-state index >= 15 is 0 Å². The zero-order valence-corrected chi connectivity index (χ0v) is 8.57. The molecule has 0 fully saturated rings. The van der Waals surface area contributed by atoms with Gasteiger partial charge >= 0.3 is 0 Å². The van der Waals surface area contributed by atoms with Crippen molar-refractivity contribution in [1.29, 1.82) is 0 Å². The second-order valence-corrected chi connectivity index (χ2v) is 3.63. The Labute approximate surface area is 84.4 Å². The molecule has 3 N–H and O–H groups in total. The maximum atomic E-state index is 10.9. The van der Waals surface area contributed by atoms with Gasteiger partial charge in [0.1, 0.15) is 6.23 Å². The average molecular weight is 198 g/mol. The Bertz CT molecular complexity index is 238. The quantitative estimate of drug-likeness (QED) is 0.694. The Hall–Kier alpha value is -1.03. The van der Waals surface area contributed by atoms with E-state index < -0.39 is 6.23 Å². The van der Waals surface area contributed by atoms with E-state index in [0.29, 0.717) is 18.4 Å². The van der Waals surface area contributed by atoms with Crippen molar-refractivity contribution in [2.75, 3.05) is 6.54 Å². The molecule has 0 radical (unpaired) electrons. The van der Waals surface area contributed by atoms with E-state index in [4.69, 9.17) is 5.73 Å². The number of rotatable bonds is 4. The largest absolute Gasteiger partial charge is 0.374 e. The summed E-state index contributed by atoms with van der Waals surface area (Å²) in [5.74, 6) is -0.376. The second kappa shape index (κ2) is 5.00. The van der Waals surface area contributed by atoms with Gasteiger partial charge in [0.2, 0.25) is 5.91 Å². The molecule has 1 unspecified atom stereocenters. The van der Waals surface area contributed by atoms with Gasteiger partial charge in [0.05, 0.1) is 0 Å². The number of hydrogen-bond donors (Lipinski definition) is 2. The van der Waals surface area contributed by atoms with Crippen molar-refractivity contribution in [3.8, 4) is 0 Å². The molecule has 80 valence electrons. The molecule has 0 saturated heterocycles. The first kappa shape index (κ1) is 11.0. The van der Waals surface area contributed by atoms with Gasteiger partial charge in [0.25, 0.3) is 0 Å². The number of primary amides is 1. The van der Waals surface area contributed by atoms with Crippen LogP contribution in [0.2, 0.25) is 0 Å². The van der Waals surface area contributed by atoms with E-state index in [1.807, 2.05) is 0 Å². The van der Waals surface area contributed by atoms with E-state index in [-0.39, 0.29) is 5.91 Å². The first-order valence-corrected chi connectivity index (χ1v) is 5.09. The van der Waals surface area contributed by atoms with Gasteiger partial charge in [-0.15, -0.1) is 0 Å². The third-order valence-electron chi connectivity index (χ3n) is 2.46. The number of carbonyl (C=O) groups excluding carboxylic acids is 1. The third-order valence-corrected chi connectivity index (χ3v) is 2.46. The summed E-state index contributed by atoms with van der Waals surface area (Å²) in [7, 11) is 0. The highest BCUT2D eigenvalue weighted by Crippen LogP contribution is 2.19. The van der Waals surface area contributed by atoms with Crippen molar-refractivity contribution < 1.29 is 9.90 Å². The SMILES string of the molecule is CCCCN1C=C(C(N)=O)CCC1O. The molecular formula is C10H18N2O2. The fraction of sp³-hybridized carbons (Fsp3) is 0.700. The summed E-state index contributed by atoms with van der Waals surface area (Å²) in [6.07, 6.45) is 4.51. The Morgan fingerprint density at radius 3 is 3.07 bits per heavy atom. The maximum Gasteiger partial charge on any atom is 0.246 e. The first-order valence-electron chi connectivity index (χ1n) is 5.09. The molecule has 1 aliphatic heterocycles. The molecule has 0 aromatic carbocycles. The minimum atomic E-state index is -0.454. The van der Waals surface area contributed by atoms with Gasteiger partial charge in [-0.3, -0.25) is 4.79 Å². The predicted octanol–water partition coefficient (Wildman–Crippen LogP) is 0.570. The van der Waals surface area contributed by atoms with Crippen LogP contribution < -0.4 is 5.73 Å². The lowest BCUT2D eigenvalue weighted by Gasteiger charge is -2.31. The summed E-state index contributed by atoms with van der Waals surface area (Å²) in [6.45, 7) is 2.88. The summed E-state index contributed by atoms with van der Waals surface area (Å²) in [6, 6.07) is 0. The van der Waals surface area contributed by atoms with Crippen LogP contribution in [0.15, 0.2) is 11.8 Å². The van der Waals surface area contributed by atoms with E-state index in [1.54, 1.807) is 11.1 Å². The van der Waals surface area contributed by atoms with E-state index in [0.717, 1.165) is 19.4 Å². The van der Waals surface area contributed by atoms with Crippen LogP contribution in [0.5, 0.6) is 0 Å². The Morgan fingerprint density at radius 2 is 2.50 bits per heavy atom. The van der Waals surface area contributed by atoms with E-state index in [2.05, 4.69) is 6.92 Å². The van der Waals surface area contributed by atoms with Crippen LogP contribution in [0.4, 0.5) is 0 Å². The summed E-state index contributed by atoms with van der Waals surface area (Å²) in [5.41, 5.74) is 5.81. The lowest BCUT2D eigenvalue weighted by atomic mass is 10.1. The third kappa shape index (κ3) is 2.73. The zero-order valence-electron chi connectivity index (χ0n) is 8.57. The van der Waals surface area contributed by atoms with Gasteiger partial charge in [-0.05, 0) is 19.3 Å². The number of carbonyl (C=O) groups is 1. The van der Waals surface area contributed by atoms with Gasteiger partial charge in [0.15, 0.2) is 0 Å². The van der Waals surface area contributed by atoms with Gasteiger partial charge in [-0.2, -0.15) is 0 Å². The highest BCUT2D eigenvalue weighted by Gasteiger charge is 2.20. The maximum absolute atomic E-state index is 10.9. The molecule has 4 nitrogen and oxygen atoms in total. The van der Waals surface area contributed by atoms with E-state index in [1.165, 1.54) is 0 Å². The Morgan fingerprint density at radius 1 is 1.79 bits per heavy atom. The van der Waals surface area contributed by atoms with Gasteiger partial charge < -0.3 is 15.7 Å². The molecule has 0 bridgehead atoms. The molecule has 0 aromatic rings. The standard InChI is InChI=1S/C10H18N2O2/c1-2-3-6-12-7-8(10(11)14)4-5-9(12)13/h7,9,13H,2-6H2,1H3,(H2,11,14). The normalized spacial score (nSPS) is 22.0. The molecule has 14 heavy (non-hydrogen) atoms.